The summed E-state index contributed by atoms with van der Waals surface area (Å²) in [6, 6.07) is 4.15. The molecule has 3 unspecified atom stereocenters. The van der Waals surface area contributed by atoms with Gasteiger partial charge in [0.15, 0.2) is 47.2 Å². The van der Waals surface area contributed by atoms with Crippen LogP contribution in [0.4, 0.5) is 35.4 Å². The number of aryl methyl sites for hydroxylation is 2. The van der Waals surface area contributed by atoms with Gasteiger partial charge in [-0.05, 0) is 161 Å². The maximum Gasteiger partial charge on any atom is 0.351 e. The molecule has 47 heteroatoms. The Balaban J connectivity index is 0.000000209. The number of anilines is 3. The summed E-state index contributed by atoms with van der Waals surface area (Å²) in [5.74, 6) is 2.03. The second-order valence-corrected chi connectivity index (χ2v) is 36.8. The average Bonchev–Trinajstić information content (AvgIpc) is 1.62. The number of ether oxygens (including phenoxy) is 11. The minimum atomic E-state index is -3.13. The van der Waals surface area contributed by atoms with Crippen molar-refractivity contribution in [3.05, 3.63) is 154 Å². The number of aliphatic hydroxyl groups excluding tert-OH is 3. The molecule has 6 aromatic rings. The predicted molar refractivity (Wildman–Crippen MR) is 465 cm³/mol. The fraction of sp³-hybridized carbons (Fsp3) is 0.675. The number of nitrogens with two attached hydrogens (primary N) is 1. The zero-order valence-electron chi connectivity index (χ0n) is 75.2. The van der Waals surface area contributed by atoms with Crippen LogP contribution in [0.3, 0.4) is 0 Å². The molecule has 5 saturated heterocycles. The highest BCUT2D eigenvalue weighted by Gasteiger charge is 2.59. The quantitative estimate of drug-likeness (QED) is 0.00701. The summed E-state index contributed by atoms with van der Waals surface area (Å²) in [6.45, 7) is 40.2. The van der Waals surface area contributed by atoms with E-state index < -0.39 is 127 Å². The van der Waals surface area contributed by atoms with E-state index in [0.717, 1.165) is 14.0 Å². The van der Waals surface area contributed by atoms with Crippen LogP contribution in [-0.4, -0.2) is 267 Å². The van der Waals surface area contributed by atoms with Gasteiger partial charge in [-0.1, -0.05) is 11.7 Å². The molecule has 12 rings (SSSR count). The van der Waals surface area contributed by atoms with Crippen molar-refractivity contribution in [2.45, 2.75) is 289 Å². The molecule has 6 aliphatic heterocycles. The SMILES string of the molecule is C=C1C=CN([C@@H]2O[C@H](COC(C)C)[C@@H](O)[C@@]2(C)F)C(=O)N1.CC(C)Nc1ccn([C@@H]2O[C@H](COC(C)C)[C@@H](O)[C@@]2(C)F)c(=O)n1.CC(C)Nc1ncnc2c1ncn2CCOCP(C)(=O)O.CC(C)OC[C@@H]1OC(n2ccc(N)nc2=O)CS1.Cc1ccn([C@@H]2O[C@H](COC(C)C)[C@@H](O)[C@@]2(C)F)c(=O)n1.Cc1cn(C2C[C@H](N=[N+]=[N-])[C@@H](COC(C)C)O2)c(=O)[nH]c1=O. The number of carbonyl (C=O) groups is 1. The molecule has 10 N–H and O–H groups in total. The molecule has 0 aliphatic carbocycles. The summed E-state index contributed by atoms with van der Waals surface area (Å²) < 4.78 is 123. The van der Waals surface area contributed by atoms with E-state index in [1.165, 1.54) is 73.8 Å². The first kappa shape index (κ1) is 105. The summed E-state index contributed by atoms with van der Waals surface area (Å²) in [7, 11) is -3.13. The van der Waals surface area contributed by atoms with Crippen molar-refractivity contribution < 1.29 is 94.8 Å². The molecule has 0 radical (unpaired) electrons. The van der Waals surface area contributed by atoms with E-state index in [4.69, 9.17) is 68.3 Å². The number of halogens is 3. The number of nitrogen functional groups attached to an aromatic ring is 1. The van der Waals surface area contributed by atoms with E-state index in [2.05, 4.69) is 67.4 Å². The Kier molecular flexibility index (Phi) is 39.0. The smallest absolute Gasteiger partial charge is 0.351 e. The van der Waals surface area contributed by atoms with Gasteiger partial charge in [0, 0.05) is 90.3 Å². The number of aliphatic hydroxyl groups is 3. The van der Waals surface area contributed by atoms with E-state index >= 15 is 0 Å². The van der Waals surface area contributed by atoms with Gasteiger partial charge in [0.1, 0.15) is 84.3 Å². The third-order valence-corrected chi connectivity index (χ3v) is 21.2. The van der Waals surface area contributed by atoms with Gasteiger partial charge >= 0.3 is 28.8 Å². The van der Waals surface area contributed by atoms with Gasteiger partial charge in [-0.15, -0.1) is 11.8 Å². The lowest BCUT2D eigenvalue weighted by atomic mass is 9.98. The molecule has 6 aromatic heterocycles. The normalized spacial score (nSPS) is 27.2. The van der Waals surface area contributed by atoms with E-state index in [1.807, 2.05) is 101 Å². The van der Waals surface area contributed by atoms with Crippen LogP contribution in [-0.2, 0) is 63.2 Å². The van der Waals surface area contributed by atoms with E-state index in [1.54, 1.807) is 56.3 Å². The lowest BCUT2D eigenvalue weighted by molar-refractivity contribution is -0.0869. The molecule has 127 heavy (non-hydrogen) atoms. The Bertz CT molecular complexity index is 5020. The Hall–Kier alpha value is -8.90. The van der Waals surface area contributed by atoms with Crippen LogP contribution >= 0.6 is 19.1 Å². The van der Waals surface area contributed by atoms with Gasteiger partial charge in [0.25, 0.3) is 5.56 Å². The number of urea groups is 1. The fourth-order valence-corrected chi connectivity index (χ4v) is 14.4. The predicted octanol–water partition coefficient (Wildman–Crippen LogP) is 7.31. The number of allylic oxidation sites excluding steroid dienone is 1. The van der Waals surface area contributed by atoms with E-state index in [0.29, 0.717) is 71.7 Å². The van der Waals surface area contributed by atoms with E-state index in [9.17, 15) is 61.8 Å². The Morgan fingerprint density at radius 2 is 1.17 bits per heavy atom. The highest BCUT2D eigenvalue weighted by Crippen LogP contribution is 2.44. The number of thioether (sulfide) groups is 1. The van der Waals surface area contributed by atoms with Crippen molar-refractivity contribution in [3.63, 3.8) is 0 Å². The molecular weight excluding hydrogens is 1710 g/mol. The number of hydrogen-bond donors (Lipinski definition) is 9. The van der Waals surface area contributed by atoms with Gasteiger partial charge in [-0.2, -0.15) is 15.0 Å². The maximum absolute atomic E-state index is 15.0. The number of alkyl halides is 3. The number of azide groups is 1. The topological polar surface area (TPSA) is 534 Å². The molecule has 42 nitrogen and oxygen atoms in total. The van der Waals surface area contributed by atoms with Crippen molar-refractivity contribution in [2.75, 3.05) is 74.8 Å². The number of fused-ring (bicyclic) bond motifs is 1. The lowest BCUT2D eigenvalue weighted by Gasteiger charge is -2.33. The molecule has 2 amide bonds. The molecule has 708 valence electrons. The van der Waals surface area contributed by atoms with Gasteiger partial charge in [0.2, 0.25) is 7.37 Å². The van der Waals surface area contributed by atoms with Crippen LogP contribution in [0.2, 0.25) is 0 Å². The van der Waals surface area contributed by atoms with Gasteiger partial charge in [-0.3, -0.25) is 37.5 Å². The maximum atomic E-state index is 15.0. The highest BCUT2D eigenvalue weighted by atomic mass is 32.2. The second-order valence-electron chi connectivity index (χ2n) is 33.2. The number of imidazole rings is 1. The van der Waals surface area contributed by atoms with Crippen molar-refractivity contribution in [1.82, 2.24) is 67.9 Å². The Morgan fingerprint density at radius 1 is 0.669 bits per heavy atom. The number of H-pyrrole nitrogens is 1. The Morgan fingerprint density at radius 3 is 1.68 bits per heavy atom. The van der Waals surface area contributed by atoms with Crippen LogP contribution in [0.5, 0.6) is 0 Å². The standard InChI is InChI=1S/C16H26FN3O4.2C14H21FN2O4.C13H19N5O4.C12H20N5O3P.C11H17N3O3S/c1-9(2)18-12-6-7-20(15(22)19-12)14-16(5,17)13(21)11(24-14)8-23-10(3)4;2*1-8(2)20-7-10-11(18)14(4,15)12(21-10)17-6-5-9(3)16-13(17)19;1-7(2)21-6-10-9(16-17-14)4-11(22-10)18-5-8(3)12(19)15-13(18)20;1-9(2)16-11-10-12(14-6-13-11)17(7-15-10)4-5-20-8-21(3,18)19;1-7(2)16-5-10-17-9(6-18-10)14-4-3-8(12)13-11(14)15/h6-7,9-11,13-14,21H,8H2,1-5H3,(H,18,19,22);5-6,8,10-12,18H,7H2,1-4H3;5-6,8,10-12,18H,3,7H2,1-2,4H3,(H,16,19);5,7,9-11H,4,6H2,1-3H3,(H,15,19,20);6-7,9H,4-5,8H2,1-3H3,(H,18,19)(H,13,14,16);3-4,7,9-10H,5-6H2,1-2H3,(H2,12,13,15)/t11-,13-,14-,16-;2*10-,11-,12-,14-;9-,10+,11?;;9?,10-/m1110.1/s1. The number of aromatic amines is 1. The largest absolute Gasteiger partial charge is 0.387 e. The summed E-state index contributed by atoms with van der Waals surface area (Å²) in [4.78, 5) is 110. The minimum Gasteiger partial charge on any atom is -0.387 e. The highest BCUT2D eigenvalue weighted by molar-refractivity contribution is 8.00. The summed E-state index contributed by atoms with van der Waals surface area (Å²) in [6.07, 6.45) is 0.461. The van der Waals surface area contributed by atoms with Crippen LogP contribution in [0.1, 0.15) is 160 Å². The molecular formula is C80H124F3N20O22PS. The molecule has 0 aromatic carbocycles. The summed E-state index contributed by atoms with van der Waals surface area (Å²) >= 11 is 1.63. The summed E-state index contributed by atoms with van der Waals surface area (Å²) in [5.41, 5.74) is 7.87. The first-order chi connectivity index (χ1) is 59.4. The van der Waals surface area contributed by atoms with Crippen LogP contribution in [0.15, 0.2) is 109 Å². The van der Waals surface area contributed by atoms with Crippen molar-refractivity contribution in [1.29, 1.82) is 0 Å². The Labute approximate surface area is 736 Å². The molecule has 6 aliphatic rings. The summed E-state index contributed by atoms with van der Waals surface area (Å²) in [5, 5.41) is 42.8. The fourth-order valence-electron chi connectivity index (χ4n) is 12.9. The third kappa shape index (κ3) is 30.1. The second kappa shape index (κ2) is 47.1. The molecule has 12 heterocycles. The first-order valence-electron chi connectivity index (χ1n) is 41.4. The first-order valence-corrected chi connectivity index (χ1v) is 44.7. The van der Waals surface area contributed by atoms with Gasteiger partial charge in [-0.25, -0.2) is 52.1 Å². The van der Waals surface area contributed by atoms with Crippen LogP contribution in [0, 0.1) is 13.8 Å². The average molecular weight is 1840 g/mol. The number of aromatic nitrogens is 12. The molecule has 0 saturated carbocycles. The van der Waals surface area contributed by atoms with Crippen molar-refractivity contribution in [2.24, 2.45) is 5.11 Å². The number of amides is 2. The van der Waals surface area contributed by atoms with Crippen molar-refractivity contribution in [3.8, 4) is 0 Å². The zero-order chi connectivity index (χ0) is 94.5. The monoisotopic (exact) mass is 1840 g/mol. The molecule has 0 bridgehead atoms. The number of rotatable bonds is 30. The van der Waals surface area contributed by atoms with Gasteiger partial charge in [0.05, 0.1) is 88.6 Å². The number of nitrogens with one attached hydrogen (secondary N) is 4. The van der Waals surface area contributed by atoms with Crippen LogP contribution in [0.25, 0.3) is 21.6 Å². The molecule has 0 spiro atoms. The molecule has 18 atom stereocenters. The number of hydrogen-bond acceptors (Lipinski definition) is 32. The third-order valence-electron chi connectivity index (χ3n) is 19.4. The van der Waals surface area contributed by atoms with Crippen molar-refractivity contribution >= 4 is 53.8 Å². The minimum absolute atomic E-state index is 0.0208. The number of carbonyl (C=O) groups excluding carboxylic acids is 1. The van der Waals surface area contributed by atoms with Crippen LogP contribution < -0.4 is 50.0 Å². The number of nitrogens with zero attached hydrogens (tertiary/aromatic N) is 15. The van der Waals surface area contributed by atoms with Gasteiger partial charge < -0.3 is 98.6 Å². The van der Waals surface area contributed by atoms with E-state index in [-0.39, 0.29) is 98.6 Å². The zero-order valence-corrected chi connectivity index (χ0v) is 76.9. The molecule has 5 fully saturated rings. The lowest BCUT2D eigenvalue weighted by Crippen LogP contribution is -2.53.